The summed E-state index contributed by atoms with van der Waals surface area (Å²) in [5.74, 6) is 2.72. The van der Waals surface area contributed by atoms with Crippen LogP contribution in [0.3, 0.4) is 0 Å². The molecule has 0 bridgehead atoms. The Morgan fingerprint density at radius 3 is 3.05 bits per heavy atom. The third-order valence-corrected chi connectivity index (χ3v) is 6.79. The van der Waals surface area contributed by atoms with E-state index in [4.69, 9.17) is 4.74 Å². The minimum atomic E-state index is 0.512. The minimum absolute atomic E-state index is 0.512. The molecule has 4 aliphatic rings. The number of benzene rings is 1. The molecule has 3 aliphatic carbocycles. The molecular formula is C18H22O. The summed E-state index contributed by atoms with van der Waals surface area (Å²) in [5.41, 5.74) is 3.83. The summed E-state index contributed by atoms with van der Waals surface area (Å²) in [6.45, 7) is 2.52. The van der Waals surface area contributed by atoms with Gasteiger partial charge >= 0.3 is 0 Å². The molecule has 1 aliphatic heterocycles. The van der Waals surface area contributed by atoms with Crippen LogP contribution in [0.2, 0.25) is 0 Å². The van der Waals surface area contributed by atoms with Crippen molar-refractivity contribution in [3.63, 3.8) is 0 Å². The monoisotopic (exact) mass is 254 g/mol. The first-order valence-corrected chi connectivity index (χ1v) is 8.00. The topological polar surface area (TPSA) is 12.5 Å². The summed E-state index contributed by atoms with van der Waals surface area (Å²) in [7, 11) is 0. The summed E-state index contributed by atoms with van der Waals surface area (Å²) in [6.07, 6.45) is 8.10. The molecule has 3 fully saturated rings. The van der Waals surface area contributed by atoms with Crippen molar-refractivity contribution < 1.29 is 4.74 Å². The quantitative estimate of drug-likeness (QED) is 0.639. The first-order valence-electron chi connectivity index (χ1n) is 8.00. The first-order chi connectivity index (χ1) is 9.27. The number of rotatable bonds is 0. The van der Waals surface area contributed by atoms with Gasteiger partial charge in [0.1, 0.15) is 0 Å². The molecule has 0 N–H and O–H groups in total. The molecule has 0 amide bonds. The number of hydrogen-bond donors (Lipinski definition) is 0. The fourth-order valence-corrected chi connectivity index (χ4v) is 5.82. The van der Waals surface area contributed by atoms with E-state index in [0.717, 1.165) is 17.8 Å². The van der Waals surface area contributed by atoms with Gasteiger partial charge in [0.2, 0.25) is 0 Å². The lowest BCUT2D eigenvalue weighted by Crippen LogP contribution is -2.42. The molecule has 19 heavy (non-hydrogen) atoms. The number of ether oxygens (including phenoxy) is 1. The predicted octanol–water partition coefficient (Wildman–Crippen LogP) is 3.92. The first kappa shape index (κ1) is 10.9. The molecule has 0 spiro atoms. The van der Waals surface area contributed by atoms with E-state index in [1.165, 1.54) is 32.1 Å². The Morgan fingerprint density at radius 1 is 1.21 bits per heavy atom. The molecule has 1 nitrogen and oxygen atoms in total. The number of fused-ring (bicyclic) bond motifs is 7. The second kappa shape index (κ2) is 3.44. The molecular weight excluding hydrogens is 232 g/mol. The molecule has 1 saturated heterocycles. The van der Waals surface area contributed by atoms with Gasteiger partial charge in [-0.05, 0) is 66.4 Å². The number of aryl methyl sites for hydroxylation is 1. The molecule has 100 valence electrons. The smallest absolute Gasteiger partial charge is 0.0898 e. The van der Waals surface area contributed by atoms with Crippen molar-refractivity contribution in [2.45, 2.75) is 57.2 Å². The summed E-state index contributed by atoms with van der Waals surface area (Å²) in [5, 5.41) is 0. The van der Waals surface area contributed by atoms with Crippen LogP contribution >= 0.6 is 0 Å². The van der Waals surface area contributed by atoms with E-state index in [1.54, 1.807) is 11.1 Å². The Kier molecular flexibility index (Phi) is 1.97. The average Bonchev–Trinajstić information content (AvgIpc) is 3.16. The largest absolute Gasteiger partial charge is 0.369 e. The maximum absolute atomic E-state index is 5.87. The number of hydrogen-bond acceptors (Lipinski definition) is 1. The van der Waals surface area contributed by atoms with E-state index in [1.807, 2.05) is 0 Å². The molecule has 0 aromatic heterocycles. The Labute approximate surface area is 115 Å². The zero-order valence-corrected chi connectivity index (χ0v) is 11.6. The van der Waals surface area contributed by atoms with Crippen molar-refractivity contribution in [1.29, 1.82) is 0 Å². The van der Waals surface area contributed by atoms with E-state index in [9.17, 15) is 0 Å². The molecule has 1 heterocycles. The lowest BCUT2D eigenvalue weighted by atomic mass is 9.55. The highest BCUT2D eigenvalue weighted by molar-refractivity contribution is 5.35. The second-order valence-corrected chi connectivity index (χ2v) is 7.49. The molecule has 5 rings (SSSR count). The Balaban J connectivity index is 1.55. The average molecular weight is 254 g/mol. The second-order valence-electron chi connectivity index (χ2n) is 7.49. The van der Waals surface area contributed by atoms with Crippen LogP contribution < -0.4 is 0 Å². The van der Waals surface area contributed by atoms with Crippen LogP contribution in [-0.2, 0) is 11.2 Å². The van der Waals surface area contributed by atoms with Crippen LogP contribution in [0.5, 0.6) is 0 Å². The predicted molar refractivity (Wildman–Crippen MR) is 75.1 cm³/mol. The molecule has 2 saturated carbocycles. The van der Waals surface area contributed by atoms with Gasteiger partial charge in [-0.15, -0.1) is 0 Å². The molecule has 1 heteroatoms. The zero-order valence-electron chi connectivity index (χ0n) is 11.6. The fraction of sp³-hybridized carbons (Fsp3) is 0.667. The molecule has 1 aromatic rings. The van der Waals surface area contributed by atoms with Gasteiger partial charge in [-0.25, -0.2) is 0 Å². The minimum Gasteiger partial charge on any atom is -0.369 e. The van der Waals surface area contributed by atoms with E-state index in [2.05, 4.69) is 31.2 Å². The highest BCUT2D eigenvalue weighted by Gasteiger charge is 2.66. The Hall–Kier alpha value is -0.820. The van der Waals surface area contributed by atoms with Gasteiger partial charge in [-0.3, -0.25) is 0 Å². The van der Waals surface area contributed by atoms with Gasteiger partial charge in [0, 0.05) is 0 Å². The summed E-state index contributed by atoms with van der Waals surface area (Å²) in [6, 6.07) is 9.21. The summed E-state index contributed by atoms with van der Waals surface area (Å²) in [4.78, 5) is 0. The highest BCUT2D eigenvalue weighted by atomic mass is 16.6. The number of epoxide rings is 1. The zero-order chi connectivity index (χ0) is 12.6. The normalized spacial score (nSPS) is 49.8. The maximum atomic E-state index is 5.87. The SMILES string of the molecule is C[C@]12CC[C@@H]3c4ccccc4CC[C@H]3[C@@H]1CC1O[C@H]12. The van der Waals surface area contributed by atoms with Crippen molar-refractivity contribution in [2.75, 3.05) is 0 Å². The van der Waals surface area contributed by atoms with Crippen molar-refractivity contribution in [3.8, 4) is 0 Å². The molecule has 1 unspecified atom stereocenters. The van der Waals surface area contributed by atoms with Crippen LogP contribution in [0.25, 0.3) is 0 Å². The fourth-order valence-electron chi connectivity index (χ4n) is 5.82. The van der Waals surface area contributed by atoms with Crippen molar-refractivity contribution in [2.24, 2.45) is 17.3 Å². The van der Waals surface area contributed by atoms with E-state index in [-0.39, 0.29) is 0 Å². The third kappa shape index (κ3) is 1.30. The van der Waals surface area contributed by atoms with Gasteiger partial charge in [-0.2, -0.15) is 0 Å². The van der Waals surface area contributed by atoms with Gasteiger partial charge < -0.3 is 4.74 Å². The lowest BCUT2D eigenvalue weighted by molar-refractivity contribution is 0.00421. The van der Waals surface area contributed by atoms with Crippen molar-refractivity contribution in [3.05, 3.63) is 35.4 Å². The van der Waals surface area contributed by atoms with Crippen LogP contribution in [-0.4, -0.2) is 12.2 Å². The molecule has 0 radical (unpaired) electrons. The maximum Gasteiger partial charge on any atom is 0.0898 e. The van der Waals surface area contributed by atoms with Crippen LogP contribution in [0.1, 0.15) is 49.7 Å². The van der Waals surface area contributed by atoms with E-state index in [0.29, 0.717) is 17.6 Å². The van der Waals surface area contributed by atoms with Gasteiger partial charge in [0.15, 0.2) is 0 Å². The van der Waals surface area contributed by atoms with E-state index < -0.39 is 0 Å². The van der Waals surface area contributed by atoms with Crippen molar-refractivity contribution >= 4 is 0 Å². The van der Waals surface area contributed by atoms with Crippen LogP contribution in [0.4, 0.5) is 0 Å². The molecule has 1 aromatic carbocycles. The van der Waals surface area contributed by atoms with Crippen LogP contribution in [0.15, 0.2) is 24.3 Å². The lowest BCUT2D eigenvalue weighted by Gasteiger charge is -2.49. The highest BCUT2D eigenvalue weighted by Crippen LogP contribution is 2.66. The van der Waals surface area contributed by atoms with Crippen molar-refractivity contribution in [1.82, 2.24) is 0 Å². The third-order valence-electron chi connectivity index (χ3n) is 6.79. The standard InChI is InChI=1S/C18H22O/c1-18-9-8-13-12-5-3-2-4-11(12)6-7-14(13)15(18)10-16-17(18)19-16/h2-5,13-17H,6-10H2,1H3/t13-,14-,15+,16?,17-,18+/m1/s1. The summed E-state index contributed by atoms with van der Waals surface area (Å²) >= 11 is 0. The Bertz CT molecular complexity index is 536. The molecule has 6 atom stereocenters. The van der Waals surface area contributed by atoms with E-state index >= 15 is 0 Å². The van der Waals surface area contributed by atoms with Gasteiger partial charge in [0.05, 0.1) is 12.2 Å². The van der Waals surface area contributed by atoms with Gasteiger partial charge in [-0.1, -0.05) is 31.2 Å². The van der Waals surface area contributed by atoms with Crippen LogP contribution in [0, 0.1) is 17.3 Å². The Morgan fingerprint density at radius 2 is 2.11 bits per heavy atom. The van der Waals surface area contributed by atoms with Gasteiger partial charge in [0.25, 0.3) is 0 Å². The summed E-state index contributed by atoms with van der Waals surface area (Å²) < 4.78 is 5.87.